The molecule has 1 fully saturated rings. The summed E-state index contributed by atoms with van der Waals surface area (Å²) in [5.41, 5.74) is 0.579. The Kier molecular flexibility index (Phi) is 7.05. The number of hydrogen-bond acceptors (Lipinski definition) is 8. The van der Waals surface area contributed by atoms with Gasteiger partial charge >= 0.3 is 0 Å². The maximum absolute atomic E-state index is 12.4. The Hall–Kier alpha value is -2.13. The highest BCUT2D eigenvalue weighted by Crippen LogP contribution is 2.30. The molecule has 1 aromatic carbocycles. The first-order chi connectivity index (χ1) is 13.2. The van der Waals surface area contributed by atoms with Gasteiger partial charge in [0.1, 0.15) is 16.5 Å². The third-order valence-corrected chi connectivity index (χ3v) is 5.89. The van der Waals surface area contributed by atoms with Crippen molar-refractivity contribution in [1.29, 1.82) is 0 Å². The molecular formula is C18H22N4O3S2. The highest BCUT2D eigenvalue weighted by atomic mass is 32.2. The Balaban J connectivity index is 1.65. The molecule has 1 aliphatic rings. The number of nitrogens with zero attached hydrogens (tertiary/aromatic N) is 3. The highest BCUT2D eigenvalue weighted by molar-refractivity contribution is 8.00. The lowest BCUT2D eigenvalue weighted by atomic mass is 10.2. The number of carbonyl (C=O) groups excluding carboxylic acids is 1. The molecule has 27 heavy (non-hydrogen) atoms. The molecular weight excluding hydrogens is 384 g/mol. The fraction of sp³-hybridized carbons (Fsp3) is 0.389. The second-order valence-electron chi connectivity index (χ2n) is 5.69. The highest BCUT2D eigenvalue weighted by Gasteiger charge is 2.18. The number of ether oxygens (including phenoxy) is 2. The van der Waals surface area contributed by atoms with E-state index in [4.69, 9.17) is 9.47 Å². The van der Waals surface area contributed by atoms with E-state index in [2.05, 4.69) is 20.2 Å². The summed E-state index contributed by atoms with van der Waals surface area (Å²) in [6, 6.07) is 5.28. The molecule has 1 aliphatic heterocycles. The van der Waals surface area contributed by atoms with Crippen molar-refractivity contribution in [2.45, 2.75) is 5.03 Å². The monoisotopic (exact) mass is 406 g/mol. The topological polar surface area (TPSA) is 76.6 Å². The minimum Gasteiger partial charge on any atom is -0.497 e. The molecule has 144 valence electrons. The van der Waals surface area contributed by atoms with Crippen LogP contribution in [-0.4, -0.2) is 60.4 Å². The van der Waals surface area contributed by atoms with Gasteiger partial charge in [0.15, 0.2) is 5.82 Å². The van der Waals surface area contributed by atoms with E-state index in [1.165, 1.54) is 11.8 Å². The molecule has 1 saturated heterocycles. The van der Waals surface area contributed by atoms with E-state index in [0.717, 1.165) is 35.4 Å². The second-order valence-corrected chi connectivity index (χ2v) is 7.88. The van der Waals surface area contributed by atoms with Crippen molar-refractivity contribution in [2.75, 3.05) is 54.8 Å². The maximum atomic E-state index is 12.4. The average molecular weight is 407 g/mol. The summed E-state index contributed by atoms with van der Waals surface area (Å²) in [5.74, 6) is 4.34. The molecule has 1 amide bonds. The minimum atomic E-state index is -0.141. The van der Waals surface area contributed by atoms with E-state index < -0.39 is 0 Å². The van der Waals surface area contributed by atoms with Crippen molar-refractivity contribution in [1.82, 2.24) is 9.97 Å². The van der Waals surface area contributed by atoms with Gasteiger partial charge in [-0.2, -0.15) is 11.8 Å². The quantitative estimate of drug-likeness (QED) is 0.704. The van der Waals surface area contributed by atoms with Crippen molar-refractivity contribution in [3.05, 3.63) is 30.6 Å². The number of carbonyl (C=O) groups is 1. The number of methoxy groups -OCH3 is 2. The molecule has 7 nitrogen and oxygen atoms in total. The van der Waals surface area contributed by atoms with E-state index in [-0.39, 0.29) is 11.7 Å². The number of amides is 1. The summed E-state index contributed by atoms with van der Waals surface area (Å²) in [6.07, 6.45) is 3.36. The summed E-state index contributed by atoms with van der Waals surface area (Å²) < 4.78 is 10.5. The zero-order chi connectivity index (χ0) is 19.1. The Morgan fingerprint density at radius 1 is 1.22 bits per heavy atom. The van der Waals surface area contributed by atoms with Crippen molar-refractivity contribution in [3.63, 3.8) is 0 Å². The third kappa shape index (κ3) is 5.20. The zero-order valence-electron chi connectivity index (χ0n) is 15.3. The van der Waals surface area contributed by atoms with Gasteiger partial charge in [0, 0.05) is 43.1 Å². The largest absolute Gasteiger partial charge is 0.497 e. The molecule has 0 radical (unpaired) electrons. The number of anilines is 2. The standard InChI is InChI=1S/C18H22N4O3S2/c1-24-13-3-4-15(25-2)14(11-13)21-16(23)12-27-18-17(19-5-6-20-18)22-7-9-26-10-8-22/h3-6,11H,7-10,12H2,1-2H3,(H,21,23). The predicted molar refractivity (Wildman–Crippen MR) is 110 cm³/mol. The van der Waals surface area contributed by atoms with Crippen molar-refractivity contribution < 1.29 is 14.3 Å². The van der Waals surface area contributed by atoms with Crippen molar-refractivity contribution in [3.8, 4) is 11.5 Å². The molecule has 1 N–H and O–H groups in total. The summed E-state index contributed by atoms with van der Waals surface area (Å²) in [7, 11) is 3.15. The van der Waals surface area contributed by atoms with Gasteiger partial charge in [-0.3, -0.25) is 4.79 Å². The van der Waals surface area contributed by atoms with E-state index >= 15 is 0 Å². The predicted octanol–water partition coefficient (Wildman–Crippen LogP) is 2.78. The first-order valence-corrected chi connectivity index (χ1v) is 10.6. The van der Waals surface area contributed by atoms with Crippen LogP contribution in [0.15, 0.2) is 35.6 Å². The third-order valence-electron chi connectivity index (χ3n) is 3.98. The van der Waals surface area contributed by atoms with Crippen LogP contribution in [0.3, 0.4) is 0 Å². The Labute approximate surface area is 167 Å². The van der Waals surface area contributed by atoms with Crippen molar-refractivity contribution >= 4 is 40.9 Å². The molecule has 1 aromatic heterocycles. The average Bonchev–Trinajstić information content (AvgIpc) is 2.73. The Morgan fingerprint density at radius 3 is 2.74 bits per heavy atom. The fourth-order valence-electron chi connectivity index (χ4n) is 2.64. The molecule has 0 spiro atoms. The van der Waals surface area contributed by atoms with Gasteiger partial charge in [0.25, 0.3) is 0 Å². The summed E-state index contributed by atoms with van der Waals surface area (Å²) in [6.45, 7) is 1.90. The molecule has 0 saturated carbocycles. The molecule has 9 heteroatoms. The lowest BCUT2D eigenvalue weighted by Gasteiger charge is -2.28. The minimum absolute atomic E-state index is 0.141. The van der Waals surface area contributed by atoms with Gasteiger partial charge in [0.05, 0.1) is 25.7 Å². The van der Waals surface area contributed by atoms with Crippen LogP contribution in [0.2, 0.25) is 0 Å². The number of aromatic nitrogens is 2. The smallest absolute Gasteiger partial charge is 0.234 e. The van der Waals surface area contributed by atoms with Crippen LogP contribution in [0.5, 0.6) is 11.5 Å². The first-order valence-electron chi connectivity index (χ1n) is 8.49. The van der Waals surface area contributed by atoms with E-state index in [9.17, 15) is 4.79 Å². The van der Waals surface area contributed by atoms with Gasteiger partial charge in [-0.25, -0.2) is 9.97 Å². The first kappa shape index (κ1) is 19.6. The molecule has 2 heterocycles. The van der Waals surface area contributed by atoms with E-state index in [1.807, 2.05) is 11.8 Å². The van der Waals surface area contributed by atoms with Crippen molar-refractivity contribution in [2.24, 2.45) is 0 Å². The van der Waals surface area contributed by atoms with Gasteiger partial charge in [-0.15, -0.1) is 0 Å². The van der Waals surface area contributed by atoms with Crippen LogP contribution in [0.4, 0.5) is 11.5 Å². The van der Waals surface area contributed by atoms with Gasteiger partial charge in [-0.1, -0.05) is 11.8 Å². The van der Waals surface area contributed by atoms with Crippen LogP contribution < -0.4 is 19.7 Å². The van der Waals surface area contributed by atoms with Gasteiger partial charge in [-0.05, 0) is 12.1 Å². The summed E-state index contributed by atoms with van der Waals surface area (Å²) >= 11 is 3.33. The lowest BCUT2D eigenvalue weighted by Crippen LogP contribution is -2.33. The summed E-state index contributed by atoms with van der Waals surface area (Å²) in [5, 5.41) is 3.65. The Bertz CT molecular complexity index is 785. The van der Waals surface area contributed by atoms with Crippen LogP contribution in [-0.2, 0) is 4.79 Å². The molecule has 3 rings (SSSR count). The Morgan fingerprint density at radius 2 is 2.00 bits per heavy atom. The molecule has 0 unspecified atom stereocenters. The number of nitrogens with one attached hydrogen (secondary N) is 1. The van der Waals surface area contributed by atoms with E-state index in [0.29, 0.717) is 17.2 Å². The second kappa shape index (κ2) is 9.70. The van der Waals surface area contributed by atoms with Crippen LogP contribution >= 0.6 is 23.5 Å². The number of benzene rings is 1. The molecule has 2 aromatic rings. The zero-order valence-corrected chi connectivity index (χ0v) is 16.9. The fourth-order valence-corrected chi connectivity index (χ4v) is 4.33. The lowest BCUT2D eigenvalue weighted by molar-refractivity contribution is -0.113. The maximum Gasteiger partial charge on any atom is 0.234 e. The van der Waals surface area contributed by atoms with E-state index in [1.54, 1.807) is 44.8 Å². The van der Waals surface area contributed by atoms with Crippen LogP contribution in [0, 0.1) is 0 Å². The number of thioether (sulfide) groups is 2. The normalized spacial score (nSPS) is 13.9. The van der Waals surface area contributed by atoms with Crippen LogP contribution in [0.1, 0.15) is 0 Å². The van der Waals surface area contributed by atoms with Gasteiger partial charge in [0.2, 0.25) is 5.91 Å². The number of rotatable bonds is 7. The summed E-state index contributed by atoms with van der Waals surface area (Å²) in [4.78, 5) is 23.6. The molecule has 0 aliphatic carbocycles. The van der Waals surface area contributed by atoms with Crippen LogP contribution in [0.25, 0.3) is 0 Å². The SMILES string of the molecule is COc1ccc(OC)c(NC(=O)CSc2nccnc2N2CCSCC2)c1. The van der Waals surface area contributed by atoms with Gasteiger partial charge < -0.3 is 19.7 Å². The molecule has 0 atom stereocenters. The number of hydrogen-bond donors (Lipinski definition) is 1. The molecule has 0 bridgehead atoms.